The first-order chi connectivity index (χ1) is 10.3. The van der Waals surface area contributed by atoms with E-state index in [9.17, 15) is 9.90 Å². The van der Waals surface area contributed by atoms with Crippen LogP contribution in [0.15, 0.2) is 35.4 Å². The second kappa shape index (κ2) is 4.95. The van der Waals surface area contributed by atoms with Crippen molar-refractivity contribution in [3.8, 4) is 0 Å². The molecule has 1 amide bonds. The van der Waals surface area contributed by atoms with Crippen molar-refractivity contribution >= 4 is 12.1 Å². The number of carbonyl (C=O) groups is 1. The fourth-order valence-electron chi connectivity index (χ4n) is 4.17. The van der Waals surface area contributed by atoms with Gasteiger partial charge in [-0.05, 0) is 36.7 Å². The average molecular weight is 284 g/mol. The summed E-state index contributed by atoms with van der Waals surface area (Å²) in [6.07, 6.45) is 5.08. The van der Waals surface area contributed by atoms with Crippen molar-refractivity contribution < 1.29 is 9.90 Å². The van der Waals surface area contributed by atoms with E-state index in [0.29, 0.717) is 18.3 Å². The standard InChI is InChI=1S/C17H20N2O2/c20-16-10-14(12-6-7-13(12)16)17(21)19-15(8-9-18-19)11-4-2-1-3-5-11/h1-5,9,12-16,20H,6-8,10H2/t12?,13?,14-,15?,16?/m0/s1. The van der Waals surface area contributed by atoms with Gasteiger partial charge in [0, 0.05) is 18.6 Å². The zero-order chi connectivity index (χ0) is 14.4. The third kappa shape index (κ3) is 2.01. The largest absolute Gasteiger partial charge is 0.393 e. The molecule has 1 heterocycles. The van der Waals surface area contributed by atoms with Crippen molar-refractivity contribution in [1.82, 2.24) is 5.01 Å². The van der Waals surface area contributed by atoms with Gasteiger partial charge in [-0.1, -0.05) is 30.3 Å². The summed E-state index contributed by atoms with van der Waals surface area (Å²) in [7, 11) is 0. The maximum Gasteiger partial charge on any atom is 0.246 e. The number of nitrogens with zero attached hydrogens (tertiary/aromatic N) is 2. The number of benzene rings is 1. The molecule has 1 N–H and O–H groups in total. The van der Waals surface area contributed by atoms with Gasteiger partial charge in [0.2, 0.25) is 5.91 Å². The van der Waals surface area contributed by atoms with Gasteiger partial charge in [-0.2, -0.15) is 5.10 Å². The van der Waals surface area contributed by atoms with Crippen molar-refractivity contribution in [3.05, 3.63) is 35.9 Å². The molecule has 110 valence electrons. The highest BCUT2D eigenvalue weighted by atomic mass is 16.3. The molecule has 2 fully saturated rings. The molecule has 0 aromatic heterocycles. The molecule has 2 saturated carbocycles. The predicted molar refractivity (Wildman–Crippen MR) is 79.5 cm³/mol. The van der Waals surface area contributed by atoms with Gasteiger partial charge in [0.05, 0.1) is 12.1 Å². The Morgan fingerprint density at radius 3 is 2.62 bits per heavy atom. The highest BCUT2D eigenvalue weighted by Gasteiger charge is 2.52. The Morgan fingerprint density at radius 1 is 1.19 bits per heavy atom. The van der Waals surface area contributed by atoms with E-state index in [1.807, 2.05) is 24.4 Å². The minimum atomic E-state index is -0.292. The molecular formula is C17H20N2O2. The average Bonchev–Trinajstić information content (AvgIpc) is 3.02. The number of rotatable bonds is 2. The lowest BCUT2D eigenvalue weighted by Crippen LogP contribution is -2.38. The molecule has 0 bridgehead atoms. The van der Waals surface area contributed by atoms with Crippen LogP contribution in [0.4, 0.5) is 0 Å². The minimum Gasteiger partial charge on any atom is -0.393 e. The first-order valence-corrected chi connectivity index (χ1v) is 7.84. The summed E-state index contributed by atoms with van der Waals surface area (Å²) in [6, 6.07) is 10.1. The zero-order valence-electron chi connectivity index (χ0n) is 11.9. The van der Waals surface area contributed by atoms with Gasteiger partial charge >= 0.3 is 0 Å². The van der Waals surface area contributed by atoms with Crippen molar-refractivity contribution in [2.45, 2.75) is 37.8 Å². The van der Waals surface area contributed by atoms with Crippen molar-refractivity contribution in [3.63, 3.8) is 0 Å². The predicted octanol–water partition coefficient (Wildman–Crippen LogP) is 2.35. The normalized spacial score (nSPS) is 37.4. The van der Waals surface area contributed by atoms with Crippen LogP contribution in [0.1, 0.15) is 37.3 Å². The maximum absolute atomic E-state index is 12.9. The monoisotopic (exact) mass is 284 g/mol. The third-order valence-electron chi connectivity index (χ3n) is 5.45. The number of aliphatic hydroxyl groups is 1. The van der Waals surface area contributed by atoms with Gasteiger partial charge in [-0.3, -0.25) is 4.79 Å². The van der Waals surface area contributed by atoms with Gasteiger partial charge in [-0.25, -0.2) is 5.01 Å². The van der Waals surface area contributed by atoms with Crippen molar-refractivity contribution in [2.24, 2.45) is 22.9 Å². The number of amides is 1. The summed E-state index contributed by atoms with van der Waals surface area (Å²) in [5.74, 6) is 0.782. The maximum atomic E-state index is 12.9. The first-order valence-electron chi connectivity index (χ1n) is 7.84. The summed E-state index contributed by atoms with van der Waals surface area (Å²) >= 11 is 0. The fourth-order valence-corrected chi connectivity index (χ4v) is 4.17. The smallest absolute Gasteiger partial charge is 0.246 e. The summed E-state index contributed by atoms with van der Waals surface area (Å²) in [6.45, 7) is 0. The second-order valence-electron chi connectivity index (χ2n) is 6.46. The van der Waals surface area contributed by atoms with Crippen molar-refractivity contribution in [1.29, 1.82) is 0 Å². The van der Waals surface area contributed by atoms with Crippen LogP contribution in [0.5, 0.6) is 0 Å². The summed E-state index contributed by atoms with van der Waals surface area (Å²) in [5.41, 5.74) is 1.13. The van der Waals surface area contributed by atoms with Crippen LogP contribution in [0.25, 0.3) is 0 Å². The fraction of sp³-hybridized carbons (Fsp3) is 0.529. The van der Waals surface area contributed by atoms with Crippen LogP contribution in [0.3, 0.4) is 0 Å². The molecule has 2 aliphatic carbocycles. The quantitative estimate of drug-likeness (QED) is 0.906. The summed E-state index contributed by atoms with van der Waals surface area (Å²) in [4.78, 5) is 12.9. The molecule has 4 heteroatoms. The van der Waals surface area contributed by atoms with Gasteiger partial charge < -0.3 is 5.11 Å². The lowest BCUT2D eigenvalue weighted by molar-refractivity contribution is -0.139. The molecule has 4 nitrogen and oxygen atoms in total. The highest BCUT2D eigenvalue weighted by Crippen LogP contribution is 2.51. The Bertz CT molecular complexity index is 571. The molecule has 21 heavy (non-hydrogen) atoms. The van der Waals surface area contributed by atoms with Crippen LogP contribution >= 0.6 is 0 Å². The number of fused-ring (bicyclic) bond motifs is 1. The molecule has 3 aliphatic rings. The Hall–Kier alpha value is -1.68. The molecule has 1 aromatic rings. The molecule has 1 aliphatic heterocycles. The lowest BCUT2D eigenvalue weighted by atomic mass is 9.72. The summed E-state index contributed by atoms with van der Waals surface area (Å²) < 4.78 is 0. The third-order valence-corrected chi connectivity index (χ3v) is 5.45. The Kier molecular flexibility index (Phi) is 3.07. The number of aliphatic hydroxyl groups excluding tert-OH is 1. The lowest BCUT2D eigenvalue weighted by Gasteiger charge is -2.35. The van der Waals surface area contributed by atoms with Gasteiger partial charge in [0.25, 0.3) is 0 Å². The Morgan fingerprint density at radius 2 is 1.95 bits per heavy atom. The highest BCUT2D eigenvalue weighted by molar-refractivity contribution is 5.82. The van der Waals surface area contributed by atoms with Crippen LogP contribution < -0.4 is 0 Å². The second-order valence-corrected chi connectivity index (χ2v) is 6.46. The van der Waals surface area contributed by atoms with E-state index in [1.165, 1.54) is 0 Å². The van der Waals surface area contributed by atoms with E-state index >= 15 is 0 Å². The van der Waals surface area contributed by atoms with E-state index in [0.717, 1.165) is 24.8 Å². The van der Waals surface area contributed by atoms with Crippen LogP contribution in [-0.4, -0.2) is 28.3 Å². The molecule has 5 atom stereocenters. The van der Waals surface area contributed by atoms with Crippen LogP contribution in [0.2, 0.25) is 0 Å². The summed E-state index contributed by atoms with van der Waals surface area (Å²) in [5, 5.41) is 16.0. The number of hydrogen-bond acceptors (Lipinski definition) is 3. The first kappa shape index (κ1) is 13.0. The van der Waals surface area contributed by atoms with Gasteiger partial charge in [0.1, 0.15) is 0 Å². The molecule has 0 radical (unpaired) electrons. The van der Waals surface area contributed by atoms with E-state index in [2.05, 4.69) is 17.2 Å². The SMILES string of the molecule is O=C([C@H]1CC(O)C2CCC21)N1N=CCC1c1ccccc1. The Balaban J connectivity index is 1.55. The number of hydrazone groups is 1. The molecule has 1 aromatic carbocycles. The van der Waals surface area contributed by atoms with Gasteiger partial charge in [0.15, 0.2) is 0 Å². The Labute approximate surface area is 124 Å². The van der Waals surface area contributed by atoms with E-state index in [4.69, 9.17) is 0 Å². The van der Waals surface area contributed by atoms with Crippen LogP contribution in [0, 0.1) is 17.8 Å². The minimum absolute atomic E-state index is 0.0231. The topological polar surface area (TPSA) is 52.9 Å². The van der Waals surface area contributed by atoms with E-state index < -0.39 is 0 Å². The molecular weight excluding hydrogens is 264 g/mol. The number of hydrogen-bond donors (Lipinski definition) is 1. The zero-order valence-corrected chi connectivity index (χ0v) is 11.9. The number of carbonyl (C=O) groups excluding carboxylic acids is 1. The van der Waals surface area contributed by atoms with Crippen molar-refractivity contribution in [2.75, 3.05) is 0 Å². The molecule has 4 rings (SSSR count). The molecule has 4 unspecified atom stereocenters. The van der Waals surface area contributed by atoms with Crippen LogP contribution in [-0.2, 0) is 4.79 Å². The molecule has 0 saturated heterocycles. The molecule has 0 spiro atoms. The van der Waals surface area contributed by atoms with E-state index in [-0.39, 0.29) is 24.0 Å². The van der Waals surface area contributed by atoms with E-state index in [1.54, 1.807) is 5.01 Å². The van der Waals surface area contributed by atoms with Gasteiger partial charge in [-0.15, -0.1) is 0 Å².